The van der Waals surface area contributed by atoms with Crippen molar-refractivity contribution < 1.29 is 8.42 Å². The normalized spacial score (nSPS) is 12.7. The minimum atomic E-state index is -3.54. The number of sulfonamides is 1. The molecule has 0 bridgehead atoms. The van der Waals surface area contributed by atoms with Crippen LogP contribution in [0.15, 0.2) is 29.2 Å². The van der Waals surface area contributed by atoms with Crippen LogP contribution in [0, 0.1) is 0 Å². The van der Waals surface area contributed by atoms with Crippen molar-refractivity contribution in [2.45, 2.75) is 37.6 Å². The molecule has 4 nitrogen and oxygen atoms in total. The lowest BCUT2D eigenvalue weighted by atomic mass is 10.0. The van der Waals surface area contributed by atoms with E-state index in [1.807, 2.05) is 20.8 Å². The van der Waals surface area contributed by atoms with Crippen LogP contribution in [0.3, 0.4) is 0 Å². The number of rotatable bonds is 4. The third-order valence-corrected chi connectivity index (χ3v) is 4.28. The van der Waals surface area contributed by atoms with Crippen molar-refractivity contribution in [3.05, 3.63) is 24.3 Å². The summed E-state index contributed by atoms with van der Waals surface area (Å²) in [4.78, 5) is 0.136. The second-order valence-corrected chi connectivity index (χ2v) is 6.03. The third kappa shape index (κ3) is 2.96. The molecule has 1 rings (SSSR count). The molecule has 16 heavy (non-hydrogen) atoms. The van der Waals surface area contributed by atoms with Crippen LogP contribution in [0.25, 0.3) is 0 Å². The van der Waals surface area contributed by atoms with E-state index >= 15 is 0 Å². The Bertz CT molecular complexity index is 467. The Morgan fingerprint density at radius 3 is 2.38 bits per heavy atom. The van der Waals surface area contributed by atoms with E-state index in [1.54, 1.807) is 18.2 Å². The molecule has 1 aromatic rings. The van der Waals surface area contributed by atoms with Gasteiger partial charge >= 0.3 is 0 Å². The average Bonchev–Trinajstić information content (AvgIpc) is 2.16. The molecule has 0 fully saturated rings. The lowest BCUT2D eigenvalue weighted by Gasteiger charge is -2.24. The Morgan fingerprint density at radius 2 is 1.88 bits per heavy atom. The quantitative estimate of drug-likeness (QED) is 0.790. The number of nitrogens with one attached hydrogen (secondary N) is 1. The number of nitrogens with two attached hydrogens (primary N) is 1. The Hall–Kier alpha value is -1.07. The molecule has 0 aliphatic rings. The van der Waals surface area contributed by atoms with Crippen molar-refractivity contribution in [1.82, 2.24) is 4.72 Å². The highest BCUT2D eigenvalue weighted by atomic mass is 32.2. The van der Waals surface area contributed by atoms with Gasteiger partial charge in [0.1, 0.15) is 4.90 Å². The first-order chi connectivity index (χ1) is 7.28. The largest absolute Gasteiger partial charge is 0.398 e. The molecule has 0 amide bonds. The van der Waals surface area contributed by atoms with E-state index < -0.39 is 15.6 Å². The van der Waals surface area contributed by atoms with Crippen molar-refractivity contribution in [3.8, 4) is 0 Å². The highest BCUT2D eigenvalue weighted by Gasteiger charge is 2.25. The smallest absolute Gasteiger partial charge is 0.243 e. The first kappa shape index (κ1) is 13.0. The first-order valence-corrected chi connectivity index (χ1v) is 6.65. The van der Waals surface area contributed by atoms with Gasteiger partial charge in [-0.3, -0.25) is 0 Å². The summed E-state index contributed by atoms with van der Waals surface area (Å²) in [5.74, 6) is 0. The summed E-state index contributed by atoms with van der Waals surface area (Å²) in [5.41, 5.74) is 5.44. The maximum absolute atomic E-state index is 12.0. The standard InChI is InChI=1S/C11H18N2O2S/c1-4-11(2,3)13-16(14,15)10-8-6-5-7-9(10)12/h5-8,13H,4,12H2,1-3H3. The number of benzene rings is 1. The van der Waals surface area contributed by atoms with Gasteiger partial charge in [-0.05, 0) is 32.4 Å². The van der Waals surface area contributed by atoms with Crippen LogP contribution in [-0.2, 0) is 10.0 Å². The van der Waals surface area contributed by atoms with Gasteiger partial charge in [-0.15, -0.1) is 0 Å². The highest BCUT2D eigenvalue weighted by molar-refractivity contribution is 7.89. The summed E-state index contributed by atoms with van der Waals surface area (Å²) in [7, 11) is -3.54. The van der Waals surface area contributed by atoms with Crippen LogP contribution >= 0.6 is 0 Å². The second-order valence-electron chi connectivity index (χ2n) is 4.38. The fourth-order valence-corrected chi connectivity index (χ4v) is 2.83. The van der Waals surface area contributed by atoms with Gasteiger partial charge in [-0.25, -0.2) is 13.1 Å². The molecule has 5 heteroatoms. The predicted molar refractivity (Wildman–Crippen MR) is 65.5 cm³/mol. The summed E-state index contributed by atoms with van der Waals surface area (Å²) in [6.45, 7) is 5.60. The fourth-order valence-electron chi connectivity index (χ4n) is 1.22. The summed E-state index contributed by atoms with van der Waals surface area (Å²) in [6.07, 6.45) is 0.707. The molecule has 1 aromatic carbocycles. The maximum Gasteiger partial charge on any atom is 0.243 e. The summed E-state index contributed by atoms with van der Waals surface area (Å²) < 4.78 is 26.7. The Kier molecular flexibility index (Phi) is 3.60. The number of hydrogen-bond acceptors (Lipinski definition) is 3. The van der Waals surface area contributed by atoms with E-state index in [2.05, 4.69) is 4.72 Å². The minimum absolute atomic E-state index is 0.136. The lowest BCUT2D eigenvalue weighted by Crippen LogP contribution is -2.42. The van der Waals surface area contributed by atoms with Gasteiger partial charge in [0.2, 0.25) is 10.0 Å². The summed E-state index contributed by atoms with van der Waals surface area (Å²) in [5, 5.41) is 0. The number of hydrogen-bond donors (Lipinski definition) is 2. The van der Waals surface area contributed by atoms with Crippen LogP contribution < -0.4 is 10.5 Å². The molecule has 0 radical (unpaired) electrons. The van der Waals surface area contributed by atoms with Crippen LogP contribution in [0.2, 0.25) is 0 Å². The van der Waals surface area contributed by atoms with Gasteiger partial charge in [0.25, 0.3) is 0 Å². The van der Waals surface area contributed by atoms with E-state index in [0.717, 1.165) is 0 Å². The van der Waals surface area contributed by atoms with Crippen LogP contribution in [0.1, 0.15) is 27.2 Å². The topological polar surface area (TPSA) is 72.2 Å². The number of nitrogen functional groups attached to an aromatic ring is 1. The Labute approximate surface area is 96.9 Å². The van der Waals surface area contributed by atoms with Crippen LogP contribution in [-0.4, -0.2) is 14.0 Å². The molecule has 0 unspecified atom stereocenters. The molecule has 0 heterocycles. The minimum Gasteiger partial charge on any atom is -0.398 e. The van der Waals surface area contributed by atoms with E-state index in [9.17, 15) is 8.42 Å². The van der Waals surface area contributed by atoms with Crippen molar-refractivity contribution >= 4 is 15.7 Å². The van der Waals surface area contributed by atoms with E-state index in [4.69, 9.17) is 5.73 Å². The summed E-state index contributed by atoms with van der Waals surface area (Å²) >= 11 is 0. The molecule has 0 atom stereocenters. The van der Waals surface area contributed by atoms with Gasteiger partial charge in [-0.1, -0.05) is 19.1 Å². The predicted octanol–water partition coefficient (Wildman–Crippen LogP) is 1.74. The number of anilines is 1. The van der Waals surface area contributed by atoms with Gasteiger partial charge < -0.3 is 5.73 Å². The zero-order valence-corrected chi connectivity index (χ0v) is 10.6. The third-order valence-electron chi connectivity index (χ3n) is 2.50. The van der Waals surface area contributed by atoms with Crippen molar-refractivity contribution in [1.29, 1.82) is 0 Å². The lowest BCUT2D eigenvalue weighted by molar-refractivity contribution is 0.439. The van der Waals surface area contributed by atoms with Crippen LogP contribution in [0.5, 0.6) is 0 Å². The Morgan fingerprint density at radius 1 is 1.31 bits per heavy atom. The monoisotopic (exact) mass is 242 g/mol. The molecule has 0 saturated heterocycles. The molecule has 90 valence electrons. The van der Waals surface area contributed by atoms with E-state index in [0.29, 0.717) is 6.42 Å². The molecule has 0 saturated carbocycles. The van der Waals surface area contributed by atoms with Gasteiger partial charge in [0.05, 0.1) is 5.69 Å². The zero-order chi connectivity index (χ0) is 12.4. The van der Waals surface area contributed by atoms with Crippen LogP contribution in [0.4, 0.5) is 5.69 Å². The highest BCUT2D eigenvalue weighted by Crippen LogP contribution is 2.20. The molecule has 0 aromatic heterocycles. The Balaban J connectivity index is 3.09. The first-order valence-electron chi connectivity index (χ1n) is 5.17. The molecule has 0 spiro atoms. The molecular weight excluding hydrogens is 224 g/mol. The van der Waals surface area contributed by atoms with Gasteiger partial charge in [0.15, 0.2) is 0 Å². The maximum atomic E-state index is 12.0. The van der Waals surface area contributed by atoms with E-state index in [-0.39, 0.29) is 10.6 Å². The average molecular weight is 242 g/mol. The van der Waals surface area contributed by atoms with Crippen molar-refractivity contribution in [2.24, 2.45) is 0 Å². The molecule has 3 N–H and O–H groups in total. The van der Waals surface area contributed by atoms with Gasteiger partial charge in [-0.2, -0.15) is 0 Å². The van der Waals surface area contributed by atoms with Crippen molar-refractivity contribution in [2.75, 3.05) is 5.73 Å². The van der Waals surface area contributed by atoms with Gasteiger partial charge in [0, 0.05) is 5.54 Å². The summed E-state index contributed by atoms with van der Waals surface area (Å²) in [6, 6.07) is 6.44. The molecule has 0 aliphatic heterocycles. The molecule has 0 aliphatic carbocycles. The molecular formula is C11H18N2O2S. The SMILES string of the molecule is CCC(C)(C)NS(=O)(=O)c1ccccc1N. The van der Waals surface area contributed by atoms with Crippen molar-refractivity contribution in [3.63, 3.8) is 0 Å². The second kappa shape index (κ2) is 4.43. The fraction of sp³-hybridized carbons (Fsp3) is 0.455. The van der Waals surface area contributed by atoms with E-state index in [1.165, 1.54) is 6.07 Å². The number of para-hydroxylation sites is 1. The zero-order valence-electron chi connectivity index (χ0n) is 9.82.